The summed E-state index contributed by atoms with van der Waals surface area (Å²) in [4.78, 5) is 18.3. The van der Waals surface area contributed by atoms with E-state index in [4.69, 9.17) is 9.47 Å². The lowest BCUT2D eigenvalue weighted by Crippen LogP contribution is -2.32. The lowest BCUT2D eigenvalue weighted by Gasteiger charge is -2.23. The second kappa shape index (κ2) is 8.60. The summed E-state index contributed by atoms with van der Waals surface area (Å²) in [5.74, 6) is 0.411. The minimum Gasteiger partial charge on any atom is -0.376 e. The molecule has 0 spiro atoms. The van der Waals surface area contributed by atoms with Gasteiger partial charge in [0.2, 0.25) is 5.91 Å². The molecule has 1 atom stereocenters. The molecule has 0 radical (unpaired) electrons. The Hall–Kier alpha value is -0.980. The monoisotopic (exact) mass is 326 g/mol. The van der Waals surface area contributed by atoms with Gasteiger partial charge in [-0.2, -0.15) is 0 Å². The highest BCUT2D eigenvalue weighted by atomic mass is 32.1. The van der Waals surface area contributed by atoms with Crippen LogP contribution in [0.4, 0.5) is 0 Å². The fraction of sp³-hybridized carbons (Fsp3) is 0.750. The van der Waals surface area contributed by atoms with Crippen LogP contribution in [0.1, 0.15) is 49.7 Å². The Kier molecular flexibility index (Phi) is 6.79. The van der Waals surface area contributed by atoms with Gasteiger partial charge in [0.15, 0.2) is 0 Å². The van der Waals surface area contributed by atoms with E-state index < -0.39 is 0 Å². The van der Waals surface area contributed by atoms with Gasteiger partial charge in [0.05, 0.1) is 30.0 Å². The van der Waals surface area contributed by atoms with Crippen LogP contribution in [0.5, 0.6) is 0 Å². The first-order valence-corrected chi connectivity index (χ1v) is 8.82. The molecule has 2 heterocycles. The maximum absolute atomic E-state index is 12.1. The molecular weight excluding hydrogens is 300 g/mol. The first kappa shape index (κ1) is 17.4. The predicted molar refractivity (Wildman–Crippen MR) is 87.1 cm³/mol. The molecule has 0 unspecified atom stereocenters. The largest absolute Gasteiger partial charge is 0.376 e. The van der Waals surface area contributed by atoms with E-state index in [-0.39, 0.29) is 18.6 Å². The van der Waals surface area contributed by atoms with Gasteiger partial charge in [-0.3, -0.25) is 4.79 Å². The Morgan fingerprint density at radius 2 is 2.36 bits per heavy atom. The average Bonchev–Trinajstić information content (AvgIpc) is 2.97. The highest BCUT2D eigenvalue weighted by molar-refractivity contribution is 7.09. The van der Waals surface area contributed by atoms with Crippen LogP contribution in [-0.2, 0) is 20.8 Å². The molecule has 22 heavy (non-hydrogen) atoms. The molecule has 0 aliphatic carbocycles. The van der Waals surface area contributed by atoms with Crippen LogP contribution < -0.4 is 0 Å². The van der Waals surface area contributed by atoms with E-state index >= 15 is 0 Å². The van der Waals surface area contributed by atoms with Gasteiger partial charge in [0.25, 0.3) is 0 Å². The van der Waals surface area contributed by atoms with Crippen molar-refractivity contribution in [2.45, 2.75) is 51.7 Å². The van der Waals surface area contributed by atoms with Crippen LogP contribution in [0, 0.1) is 0 Å². The maximum atomic E-state index is 12.1. The molecule has 6 heteroatoms. The van der Waals surface area contributed by atoms with Crippen molar-refractivity contribution in [3.63, 3.8) is 0 Å². The van der Waals surface area contributed by atoms with Crippen LogP contribution in [-0.4, -0.2) is 48.8 Å². The Bertz CT molecular complexity index is 470. The van der Waals surface area contributed by atoms with E-state index in [0.29, 0.717) is 19.1 Å². The Morgan fingerprint density at radius 1 is 1.55 bits per heavy atom. The third-order valence-electron chi connectivity index (χ3n) is 3.69. The van der Waals surface area contributed by atoms with Crippen LogP contribution in [0.25, 0.3) is 0 Å². The second-order valence-corrected chi connectivity index (χ2v) is 6.97. The molecule has 1 aromatic heterocycles. The molecule has 1 fully saturated rings. The molecule has 1 aliphatic rings. The molecule has 1 amide bonds. The third kappa shape index (κ3) is 5.34. The van der Waals surface area contributed by atoms with Gasteiger partial charge in [-0.15, -0.1) is 11.3 Å². The number of ether oxygens (including phenoxy) is 2. The van der Waals surface area contributed by atoms with Gasteiger partial charge >= 0.3 is 0 Å². The SMILES string of the molecule is CC(C)c1nc(CN(C)C(=O)COC[C@@H]2CCCCO2)cs1. The van der Waals surface area contributed by atoms with Crippen LogP contribution >= 0.6 is 11.3 Å². The molecule has 5 nitrogen and oxygen atoms in total. The smallest absolute Gasteiger partial charge is 0.248 e. The predicted octanol–water partition coefficient (Wildman–Crippen LogP) is 2.81. The molecule has 0 aromatic carbocycles. The Labute approximate surface area is 136 Å². The van der Waals surface area contributed by atoms with Gasteiger partial charge < -0.3 is 14.4 Å². The van der Waals surface area contributed by atoms with E-state index in [2.05, 4.69) is 18.8 Å². The highest BCUT2D eigenvalue weighted by Crippen LogP contribution is 2.19. The van der Waals surface area contributed by atoms with E-state index in [1.54, 1.807) is 23.3 Å². The fourth-order valence-electron chi connectivity index (χ4n) is 2.32. The summed E-state index contributed by atoms with van der Waals surface area (Å²) >= 11 is 1.65. The minimum absolute atomic E-state index is 0.0186. The van der Waals surface area contributed by atoms with Crippen molar-refractivity contribution >= 4 is 17.2 Å². The van der Waals surface area contributed by atoms with Crippen molar-refractivity contribution < 1.29 is 14.3 Å². The van der Waals surface area contributed by atoms with Crippen molar-refractivity contribution in [2.75, 3.05) is 26.9 Å². The summed E-state index contributed by atoms with van der Waals surface area (Å²) < 4.78 is 11.1. The molecule has 1 aliphatic heterocycles. The molecule has 124 valence electrons. The second-order valence-electron chi connectivity index (χ2n) is 6.09. The summed E-state index contributed by atoms with van der Waals surface area (Å²) in [7, 11) is 1.79. The van der Waals surface area contributed by atoms with Crippen LogP contribution in [0.15, 0.2) is 5.38 Å². The number of hydrogen-bond acceptors (Lipinski definition) is 5. The average molecular weight is 326 g/mol. The van der Waals surface area contributed by atoms with Crippen molar-refractivity contribution in [3.8, 4) is 0 Å². The van der Waals surface area contributed by atoms with E-state index in [1.165, 1.54) is 6.42 Å². The molecular formula is C16H26N2O3S. The summed E-state index contributed by atoms with van der Waals surface area (Å²) in [6.45, 7) is 6.21. The zero-order chi connectivity index (χ0) is 15.9. The van der Waals surface area contributed by atoms with Gasteiger partial charge in [-0.05, 0) is 19.3 Å². The lowest BCUT2D eigenvalue weighted by molar-refractivity contribution is -0.137. The summed E-state index contributed by atoms with van der Waals surface area (Å²) in [5, 5.41) is 3.14. The van der Waals surface area contributed by atoms with Crippen molar-refractivity contribution in [3.05, 3.63) is 16.1 Å². The van der Waals surface area contributed by atoms with E-state index in [0.717, 1.165) is 30.2 Å². The molecule has 0 saturated carbocycles. The maximum Gasteiger partial charge on any atom is 0.248 e. The zero-order valence-electron chi connectivity index (χ0n) is 13.7. The van der Waals surface area contributed by atoms with Crippen molar-refractivity contribution in [1.29, 1.82) is 0 Å². The molecule has 0 bridgehead atoms. The first-order valence-electron chi connectivity index (χ1n) is 7.94. The van der Waals surface area contributed by atoms with Gasteiger partial charge in [0.1, 0.15) is 6.61 Å². The number of thiazole rings is 1. The number of nitrogens with zero attached hydrogens (tertiary/aromatic N) is 2. The van der Waals surface area contributed by atoms with Crippen LogP contribution in [0.2, 0.25) is 0 Å². The Morgan fingerprint density at radius 3 is 3.00 bits per heavy atom. The quantitative estimate of drug-likeness (QED) is 0.773. The number of aromatic nitrogens is 1. The van der Waals surface area contributed by atoms with E-state index in [9.17, 15) is 4.79 Å². The topological polar surface area (TPSA) is 51.7 Å². The number of hydrogen-bond donors (Lipinski definition) is 0. The van der Waals surface area contributed by atoms with E-state index in [1.807, 2.05) is 5.38 Å². The molecule has 1 saturated heterocycles. The third-order valence-corrected chi connectivity index (χ3v) is 4.89. The minimum atomic E-state index is -0.0186. The number of amides is 1. The number of likely N-dealkylation sites (N-methyl/N-ethyl adjacent to an activating group) is 1. The van der Waals surface area contributed by atoms with Gasteiger partial charge in [-0.1, -0.05) is 13.8 Å². The molecule has 1 aromatic rings. The number of rotatable bonds is 7. The standard InChI is InChI=1S/C16H26N2O3S/c1-12(2)16-17-13(11-22-16)8-18(3)15(19)10-20-9-14-6-4-5-7-21-14/h11-12,14H,4-10H2,1-3H3/t14-/m0/s1. The lowest BCUT2D eigenvalue weighted by atomic mass is 10.1. The summed E-state index contributed by atoms with van der Waals surface area (Å²) in [5.41, 5.74) is 0.945. The van der Waals surface area contributed by atoms with Crippen molar-refractivity contribution in [1.82, 2.24) is 9.88 Å². The first-order chi connectivity index (χ1) is 10.6. The molecule has 0 N–H and O–H groups in total. The summed E-state index contributed by atoms with van der Waals surface area (Å²) in [6.07, 6.45) is 3.49. The fourth-order valence-corrected chi connectivity index (χ4v) is 3.14. The Balaban J connectivity index is 1.69. The normalized spacial score (nSPS) is 18.6. The zero-order valence-corrected chi connectivity index (χ0v) is 14.5. The molecule has 2 rings (SSSR count). The highest BCUT2D eigenvalue weighted by Gasteiger charge is 2.16. The van der Waals surface area contributed by atoms with Crippen molar-refractivity contribution in [2.24, 2.45) is 0 Å². The number of carbonyl (C=O) groups is 1. The number of carbonyl (C=O) groups excluding carboxylic acids is 1. The summed E-state index contributed by atoms with van der Waals surface area (Å²) in [6, 6.07) is 0. The van der Waals surface area contributed by atoms with Gasteiger partial charge in [0, 0.05) is 25.0 Å². The van der Waals surface area contributed by atoms with Crippen LogP contribution in [0.3, 0.4) is 0 Å². The van der Waals surface area contributed by atoms with Gasteiger partial charge in [-0.25, -0.2) is 4.98 Å².